The molecule has 3 heterocycles. The van der Waals surface area contributed by atoms with Crippen LogP contribution in [-0.4, -0.2) is 52.1 Å². The molecule has 1 amide bonds. The number of carbonyl (C=O) groups is 1. The number of carbonyl (C=O) groups excluding carboxylic acids is 1. The number of rotatable bonds is 4. The second kappa shape index (κ2) is 7.52. The Balaban J connectivity index is 1.71. The quantitative estimate of drug-likeness (QED) is 0.883. The Kier molecular flexibility index (Phi) is 5.18. The van der Waals surface area contributed by atoms with Crippen LogP contribution >= 0.6 is 11.6 Å². The number of amides is 1. The maximum atomic E-state index is 12.6. The largest absolute Gasteiger partial charge is 0.477 e. The molecule has 9 heteroatoms. The van der Waals surface area contributed by atoms with E-state index >= 15 is 0 Å². The molecule has 2 aromatic heterocycles. The number of hydrogen-bond acceptors (Lipinski definition) is 6. The number of ether oxygens (including phenoxy) is 2. The molecule has 132 valence electrons. The van der Waals surface area contributed by atoms with Crippen LogP contribution in [0.5, 0.6) is 11.8 Å². The molecule has 25 heavy (non-hydrogen) atoms. The highest BCUT2D eigenvalue weighted by Crippen LogP contribution is 2.24. The third kappa shape index (κ3) is 3.90. The van der Waals surface area contributed by atoms with Gasteiger partial charge in [0.05, 0.1) is 19.2 Å². The summed E-state index contributed by atoms with van der Waals surface area (Å²) >= 11 is 5.80. The number of aromatic amines is 1. The highest BCUT2D eigenvalue weighted by atomic mass is 35.5. The Morgan fingerprint density at radius 3 is 2.84 bits per heavy atom. The third-order valence-corrected chi connectivity index (χ3v) is 4.16. The molecule has 3 rings (SSSR count). The minimum absolute atomic E-state index is 0.0139. The molecule has 1 atom stereocenters. The van der Waals surface area contributed by atoms with Crippen molar-refractivity contribution in [2.75, 3.05) is 20.2 Å². The number of aromatic nitrogens is 3. The molecule has 1 aliphatic rings. The zero-order valence-corrected chi connectivity index (χ0v) is 14.3. The first kappa shape index (κ1) is 17.2. The summed E-state index contributed by atoms with van der Waals surface area (Å²) in [6.07, 6.45) is 5.76. The molecule has 0 spiro atoms. The maximum absolute atomic E-state index is 12.6. The van der Waals surface area contributed by atoms with Crippen LogP contribution in [0.4, 0.5) is 0 Å². The van der Waals surface area contributed by atoms with Gasteiger partial charge < -0.3 is 19.4 Å². The van der Waals surface area contributed by atoms with E-state index in [9.17, 15) is 9.59 Å². The topological polar surface area (TPSA) is 97.4 Å². The SMILES string of the molecule is COc1nccnc1OC1CCCN(C(=O)c2c[nH]c(=O)c(Cl)c2)C1. The lowest BCUT2D eigenvalue weighted by Crippen LogP contribution is -2.44. The zero-order chi connectivity index (χ0) is 17.8. The summed E-state index contributed by atoms with van der Waals surface area (Å²) in [4.78, 5) is 36.2. The fourth-order valence-electron chi connectivity index (χ4n) is 2.67. The summed E-state index contributed by atoms with van der Waals surface area (Å²) < 4.78 is 11.0. The van der Waals surface area contributed by atoms with E-state index in [-0.39, 0.29) is 17.0 Å². The molecule has 1 fully saturated rings. The Bertz CT molecular complexity index is 826. The predicted molar refractivity (Wildman–Crippen MR) is 90.2 cm³/mol. The van der Waals surface area contributed by atoms with Gasteiger partial charge in [0.1, 0.15) is 11.1 Å². The first-order valence-electron chi connectivity index (χ1n) is 7.77. The standard InChI is InChI=1S/C16H17ClN4O4/c1-24-14-15(19-5-4-18-14)25-11-3-2-6-21(9-11)16(23)10-7-12(17)13(22)20-8-10/h4-5,7-8,11H,2-3,6,9H2,1H3,(H,20,22). The smallest absolute Gasteiger partial charge is 0.278 e. The first-order valence-corrected chi connectivity index (χ1v) is 8.15. The fraction of sp³-hybridized carbons (Fsp3) is 0.375. The summed E-state index contributed by atoms with van der Waals surface area (Å²) in [5.41, 5.74) is -0.0878. The molecule has 0 bridgehead atoms. The summed E-state index contributed by atoms with van der Waals surface area (Å²) in [5, 5.41) is -0.0139. The van der Waals surface area contributed by atoms with Crippen LogP contribution in [0.15, 0.2) is 29.5 Å². The van der Waals surface area contributed by atoms with E-state index in [4.69, 9.17) is 21.1 Å². The van der Waals surface area contributed by atoms with E-state index in [2.05, 4.69) is 15.0 Å². The van der Waals surface area contributed by atoms with Gasteiger partial charge in [-0.15, -0.1) is 0 Å². The van der Waals surface area contributed by atoms with Crippen LogP contribution in [0, 0.1) is 0 Å². The summed E-state index contributed by atoms with van der Waals surface area (Å²) in [5.74, 6) is 0.396. The molecule has 2 aromatic rings. The van der Waals surface area contributed by atoms with Crippen LogP contribution in [0.3, 0.4) is 0 Å². The average Bonchev–Trinajstić information content (AvgIpc) is 2.64. The van der Waals surface area contributed by atoms with Gasteiger partial charge in [0.15, 0.2) is 0 Å². The number of halogens is 1. The number of likely N-dealkylation sites (tertiary alicyclic amines) is 1. The van der Waals surface area contributed by atoms with E-state index in [1.165, 1.54) is 31.8 Å². The van der Waals surface area contributed by atoms with Crippen LogP contribution in [-0.2, 0) is 0 Å². The normalized spacial score (nSPS) is 17.2. The van der Waals surface area contributed by atoms with Crippen molar-refractivity contribution in [2.24, 2.45) is 0 Å². The van der Waals surface area contributed by atoms with Gasteiger partial charge in [-0.05, 0) is 18.9 Å². The number of methoxy groups -OCH3 is 1. The van der Waals surface area contributed by atoms with Crippen molar-refractivity contribution in [3.63, 3.8) is 0 Å². The van der Waals surface area contributed by atoms with Crippen molar-refractivity contribution in [3.05, 3.63) is 45.6 Å². The van der Waals surface area contributed by atoms with E-state index in [0.717, 1.165) is 12.8 Å². The molecular formula is C16H17ClN4O4. The van der Waals surface area contributed by atoms with Crippen LogP contribution in [0.2, 0.25) is 5.02 Å². The molecule has 1 saturated heterocycles. The minimum atomic E-state index is -0.423. The highest BCUT2D eigenvalue weighted by Gasteiger charge is 2.27. The number of hydrogen-bond donors (Lipinski definition) is 1. The third-order valence-electron chi connectivity index (χ3n) is 3.88. The summed E-state index contributed by atoms with van der Waals surface area (Å²) in [6, 6.07) is 1.37. The van der Waals surface area contributed by atoms with Crippen molar-refractivity contribution < 1.29 is 14.3 Å². The zero-order valence-electron chi connectivity index (χ0n) is 13.6. The molecule has 0 aliphatic carbocycles. The fourth-order valence-corrected chi connectivity index (χ4v) is 2.84. The second-order valence-corrected chi connectivity index (χ2v) is 5.98. The van der Waals surface area contributed by atoms with Gasteiger partial charge in [0.2, 0.25) is 0 Å². The van der Waals surface area contributed by atoms with E-state index in [0.29, 0.717) is 30.4 Å². The van der Waals surface area contributed by atoms with Crippen molar-refractivity contribution in [3.8, 4) is 11.8 Å². The molecule has 1 N–H and O–H groups in total. The van der Waals surface area contributed by atoms with Gasteiger partial charge in [0.25, 0.3) is 23.2 Å². The first-order chi connectivity index (χ1) is 12.1. The van der Waals surface area contributed by atoms with Crippen LogP contribution in [0.1, 0.15) is 23.2 Å². The van der Waals surface area contributed by atoms with Gasteiger partial charge in [-0.2, -0.15) is 0 Å². The van der Waals surface area contributed by atoms with Crippen molar-refractivity contribution in [2.45, 2.75) is 18.9 Å². The Labute approximate surface area is 148 Å². The van der Waals surface area contributed by atoms with Gasteiger partial charge in [-0.3, -0.25) is 9.59 Å². The summed E-state index contributed by atoms with van der Waals surface area (Å²) in [7, 11) is 1.49. The van der Waals surface area contributed by atoms with Crippen molar-refractivity contribution >= 4 is 17.5 Å². The molecule has 1 aliphatic heterocycles. The average molecular weight is 365 g/mol. The molecule has 0 radical (unpaired) electrons. The van der Waals surface area contributed by atoms with E-state index < -0.39 is 5.56 Å². The number of nitrogens with zero attached hydrogens (tertiary/aromatic N) is 3. The lowest BCUT2D eigenvalue weighted by atomic mass is 10.1. The molecule has 8 nitrogen and oxygen atoms in total. The van der Waals surface area contributed by atoms with Gasteiger partial charge in [0, 0.05) is 25.1 Å². The molecule has 0 saturated carbocycles. The van der Waals surface area contributed by atoms with Gasteiger partial charge in [-0.25, -0.2) is 9.97 Å². The second-order valence-electron chi connectivity index (χ2n) is 5.57. The number of pyridine rings is 1. The van der Waals surface area contributed by atoms with E-state index in [1.54, 1.807) is 4.90 Å². The molecule has 1 unspecified atom stereocenters. The number of H-pyrrole nitrogens is 1. The highest BCUT2D eigenvalue weighted by molar-refractivity contribution is 6.30. The maximum Gasteiger partial charge on any atom is 0.278 e. The van der Waals surface area contributed by atoms with Crippen molar-refractivity contribution in [1.29, 1.82) is 0 Å². The lowest BCUT2D eigenvalue weighted by Gasteiger charge is -2.32. The van der Waals surface area contributed by atoms with Gasteiger partial charge >= 0.3 is 0 Å². The minimum Gasteiger partial charge on any atom is -0.477 e. The van der Waals surface area contributed by atoms with Crippen LogP contribution in [0.25, 0.3) is 0 Å². The molecule has 0 aromatic carbocycles. The summed E-state index contributed by atoms with van der Waals surface area (Å²) in [6.45, 7) is 1.00. The van der Waals surface area contributed by atoms with Gasteiger partial charge in [-0.1, -0.05) is 11.6 Å². The monoisotopic (exact) mass is 364 g/mol. The lowest BCUT2D eigenvalue weighted by molar-refractivity contribution is 0.0519. The van der Waals surface area contributed by atoms with Crippen LogP contribution < -0.4 is 15.0 Å². The number of nitrogens with one attached hydrogen (secondary N) is 1. The Hall–Kier alpha value is -2.61. The van der Waals surface area contributed by atoms with E-state index in [1.807, 2.05) is 0 Å². The Morgan fingerprint density at radius 2 is 2.12 bits per heavy atom. The Morgan fingerprint density at radius 1 is 1.36 bits per heavy atom. The predicted octanol–water partition coefficient (Wildman–Crippen LogP) is 1.51. The molecular weight excluding hydrogens is 348 g/mol. The van der Waals surface area contributed by atoms with Crippen molar-refractivity contribution in [1.82, 2.24) is 19.9 Å². The number of piperidine rings is 1.